The minimum absolute atomic E-state index is 0.0121. The first-order valence-electron chi connectivity index (χ1n) is 14.7. The summed E-state index contributed by atoms with van der Waals surface area (Å²) in [5.74, 6) is 0. The van der Waals surface area contributed by atoms with E-state index in [0.717, 1.165) is 12.1 Å². The van der Waals surface area contributed by atoms with Gasteiger partial charge in [-0.1, -0.05) is 98.0 Å². The van der Waals surface area contributed by atoms with Crippen LogP contribution in [0.25, 0.3) is 55.0 Å². The molecule has 7 aromatic rings. The maximum Gasteiger partial charge on any atom is 0.0636 e. The van der Waals surface area contributed by atoms with Crippen LogP contribution in [-0.2, 0) is 6.54 Å². The Morgan fingerprint density at radius 3 is 1.95 bits per heavy atom. The van der Waals surface area contributed by atoms with Crippen LogP contribution in [0.3, 0.4) is 0 Å². The molecule has 0 bridgehead atoms. The van der Waals surface area contributed by atoms with Crippen molar-refractivity contribution in [1.29, 1.82) is 0 Å². The molecule has 0 spiro atoms. The number of nitrogens with zero attached hydrogens (tertiary/aromatic N) is 3. The predicted octanol–water partition coefficient (Wildman–Crippen LogP) is 9.97. The molecular formula is C39H31N3. The maximum atomic E-state index is 4.87. The third-order valence-corrected chi connectivity index (χ3v) is 8.59. The monoisotopic (exact) mass is 541 g/mol. The van der Waals surface area contributed by atoms with Crippen molar-refractivity contribution in [2.24, 2.45) is 10.4 Å². The van der Waals surface area contributed by atoms with Gasteiger partial charge in [0.15, 0.2) is 0 Å². The molecule has 0 N–H and O–H groups in total. The summed E-state index contributed by atoms with van der Waals surface area (Å²) in [4.78, 5) is 4.87. The van der Waals surface area contributed by atoms with E-state index >= 15 is 0 Å². The van der Waals surface area contributed by atoms with Crippen LogP contribution in [0.5, 0.6) is 0 Å². The Balaban J connectivity index is 1.33. The smallest absolute Gasteiger partial charge is 0.0636 e. The van der Waals surface area contributed by atoms with Crippen molar-refractivity contribution in [3.05, 3.63) is 145 Å². The number of hydrogen-bond donors (Lipinski definition) is 0. The second-order valence-corrected chi connectivity index (χ2v) is 11.6. The van der Waals surface area contributed by atoms with E-state index in [1.165, 1.54) is 54.9 Å². The lowest BCUT2D eigenvalue weighted by Gasteiger charge is -2.20. The van der Waals surface area contributed by atoms with Crippen LogP contribution >= 0.6 is 0 Å². The van der Waals surface area contributed by atoms with Gasteiger partial charge in [0.05, 0.1) is 28.6 Å². The molecule has 5 aromatic carbocycles. The van der Waals surface area contributed by atoms with E-state index < -0.39 is 0 Å². The van der Waals surface area contributed by atoms with Gasteiger partial charge in [0.2, 0.25) is 0 Å². The van der Waals surface area contributed by atoms with Gasteiger partial charge in [-0.25, -0.2) is 0 Å². The number of allylic oxidation sites excluding steroid dienone is 4. The largest absolute Gasteiger partial charge is 0.309 e. The van der Waals surface area contributed by atoms with Gasteiger partial charge in [-0.05, 0) is 60.5 Å². The minimum Gasteiger partial charge on any atom is -0.309 e. The molecule has 0 aliphatic heterocycles. The van der Waals surface area contributed by atoms with Crippen LogP contribution in [0.4, 0.5) is 0 Å². The zero-order valence-corrected chi connectivity index (χ0v) is 23.6. The molecule has 42 heavy (non-hydrogen) atoms. The average Bonchev–Trinajstić information content (AvgIpc) is 3.53. The zero-order chi connectivity index (χ0) is 28.1. The van der Waals surface area contributed by atoms with Crippen LogP contribution in [0.2, 0.25) is 0 Å². The van der Waals surface area contributed by atoms with E-state index in [2.05, 4.69) is 162 Å². The van der Waals surface area contributed by atoms with Gasteiger partial charge in [0, 0.05) is 44.5 Å². The second-order valence-electron chi connectivity index (χ2n) is 11.6. The normalized spacial score (nSPS) is 17.0. The van der Waals surface area contributed by atoms with Crippen LogP contribution in [0.1, 0.15) is 18.9 Å². The summed E-state index contributed by atoms with van der Waals surface area (Å²) in [6, 6.07) is 41.8. The minimum atomic E-state index is -0.0121. The average molecular weight is 542 g/mol. The summed E-state index contributed by atoms with van der Waals surface area (Å²) >= 11 is 0. The lowest BCUT2D eigenvalue weighted by molar-refractivity contribution is 0.613. The Morgan fingerprint density at radius 2 is 1.26 bits per heavy atom. The van der Waals surface area contributed by atoms with Crippen molar-refractivity contribution < 1.29 is 0 Å². The van der Waals surface area contributed by atoms with E-state index in [9.17, 15) is 0 Å². The van der Waals surface area contributed by atoms with Crippen LogP contribution < -0.4 is 0 Å². The number of para-hydroxylation sites is 3. The van der Waals surface area contributed by atoms with Gasteiger partial charge in [0.1, 0.15) is 0 Å². The fourth-order valence-corrected chi connectivity index (χ4v) is 6.56. The van der Waals surface area contributed by atoms with E-state index in [1.807, 2.05) is 0 Å². The lowest BCUT2D eigenvalue weighted by Crippen LogP contribution is -2.15. The fraction of sp³-hybridized carbons (Fsp3) is 0.103. The highest BCUT2D eigenvalue weighted by Crippen LogP contribution is 2.39. The number of rotatable bonds is 5. The standard InChI is InChI=1S/C39H31N3/c1-39(21-10-3-11-22-39)27-40-26-28-13-12-16-30(23-28)42-36-20-9-7-18-32(36)34-24-33-31-17-6-8-19-35(31)41(37(33)25-38(34)42)29-14-4-2-5-15-29/h2-21,23-25,27H,22,26H2,1H3. The number of aliphatic imine (C=N–C) groups is 1. The van der Waals surface area contributed by atoms with Crippen LogP contribution in [0, 0.1) is 5.41 Å². The van der Waals surface area contributed by atoms with Crippen molar-refractivity contribution in [3.8, 4) is 11.4 Å². The van der Waals surface area contributed by atoms with Gasteiger partial charge >= 0.3 is 0 Å². The molecule has 202 valence electrons. The second kappa shape index (κ2) is 9.74. The molecule has 0 fully saturated rings. The number of fused-ring (bicyclic) bond motifs is 6. The van der Waals surface area contributed by atoms with E-state index in [4.69, 9.17) is 4.99 Å². The quantitative estimate of drug-likeness (QED) is 0.194. The summed E-state index contributed by atoms with van der Waals surface area (Å²) in [5.41, 5.74) is 8.36. The molecule has 0 saturated carbocycles. The first-order chi connectivity index (χ1) is 20.7. The Bertz CT molecular complexity index is 2210. The summed E-state index contributed by atoms with van der Waals surface area (Å²) in [7, 11) is 0. The fourth-order valence-electron chi connectivity index (χ4n) is 6.56. The van der Waals surface area contributed by atoms with Crippen molar-refractivity contribution in [2.75, 3.05) is 0 Å². The van der Waals surface area contributed by atoms with E-state index in [-0.39, 0.29) is 5.41 Å². The maximum absolute atomic E-state index is 4.87. The number of benzene rings is 5. The van der Waals surface area contributed by atoms with Gasteiger partial charge in [-0.3, -0.25) is 4.99 Å². The summed E-state index contributed by atoms with van der Waals surface area (Å²) in [5, 5.41) is 5.07. The van der Waals surface area contributed by atoms with Crippen molar-refractivity contribution >= 4 is 49.8 Å². The Labute approximate surface area is 245 Å². The molecule has 1 atom stereocenters. The third-order valence-electron chi connectivity index (χ3n) is 8.59. The van der Waals surface area contributed by atoms with E-state index in [0.29, 0.717) is 6.54 Å². The third kappa shape index (κ3) is 4.01. The summed E-state index contributed by atoms with van der Waals surface area (Å²) in [6.45, 7) is 2.89. The SMILES string of the molecule is CC1(C=NCc2cccc(-n3c4ccccc4c4cc5c6ccccc6n(-c6ccccc6)c5cc43)c2)C=CC=CC1. The van der Waals surface area contributed by atoms with Crippen molar-refractivity contribution in [1.82, 2.24) is 9.13 Å². The highest BCUT2D eigenvalue weighted by molar-refractivity contribution is 6.19. The van der Waals surface area contributed by atoms with Crippen LogP contribution in [0.15, 0.2) is 145 Å². The predicted molar refractivity (Wildman–Crippen MR) is 178 cm³/mol. The molecular weight excluding hydrogens is 510 g/mol. The first kappa shape index (κ1) is 24.6. The highest BCUT2D eigenvalue weighted by Gasteiger charge is 2.19. The molecule has 3 heteroatoms. The molecule has 1 aliphatic rings. The number of aromatic nitrogens is 2. The highest BCUT2D eigenvalue weighted by atomic mass is 15.0. The van der Waals surface area contributed by atoms with Gasteiger partial charge in [-0.15, -0.1) is 0 Å². The summed E-state index contributed by atoms with van der Waals surface area (Å²) in [6.07, 6.45) is 11.8. The molecule has 0 radical (unpaired) electrons. The number of hydrogen-bond acceptors (Lipinski definition) is 1. The van der Waals surface area contributed by atoms with Gasteiger partial charge in [-0.2, -0.15) is 0 Å². The van der Waals surface area contributed by atoms with Gasteiger partial charge in [0.25, 0.3) is 0 Å². The van der Waals surface area contributed by atoms with E-state index in [1.54, 1.807) is 0 Å². The molecule has 3 nitrogen and oxygen atoms in total. The molecule has 8 rings (SSSR count). The molecule has 2 heterocycles. The Kier molecular flexibility index (Phi) is 5.71. The Hall–Kier alpha value is -5.15. The topological polar surface area (TPSA) is 22.2 Å². The molecule has 0 amide bonds. The zero-order valence-electron chi connectivity index (χ0n) is 23.6. The van der Waals surface area contributed by atoms with Crippen LogP contribution in [-0.4, -0.2) is 15.3 Å². The van der Waals surface area contributed by atoms with Crippen molar-refractivity contribution in [2.45, 2.75) is 19.9 Å². The lowest BCUT2D eigenvalue weighted by atomic mass is 9.85. The molecule has 0 saturated heterocycles. The Morgan fingerprint density at radius 1 is 0.619 bits per heavy atom. The van der Waals surface area contributed by atoms with Gasteiger partial charge < -0.3 is 9.13 Å². The first-order valence-corrected chi connectivity index (χ1v) is 14.7. The van der Waals surface area contributed by atoms with Crippen molar-refractivity contribution in [3.63, 3.8) is 0 Å². The molecule has 2 aromatic heterocycles. The molecule has 1 aliphatic carbocycles. The molecule has 1 unspecified atom stereocenters. The summed E-state index contributed by atoms with van der Waals surface area (Å²) < 4.78 is 4.81.